The molecule has 1 aromatic heterocycles. The van der Waals surface area contributed by atoms with Crippen molar-refractivity contribution < 1.29 is 33.1 Å². The van der Waals surface area contributed by atoms with Crippen molar-refractivity contribution in [1.29, 1.82) is 0 Å². The van der Waals surface area contributed by atoms with Gasteiger partial charge in [-0.15, -0.1) is 0 Å². The molecule has 9 heteroatoms. The Labute approximate surface area is 180 Å². The van der Waals surface area contributed by atoms with E-state index in [1.165, 1.54) is 13.8 Å². The lowest BCUT2D eigenvalue weighted by Crippen LogP contribution is -2.42. The van der Waals surface area contributed by atoms with Crippen LogP contribution in [-0.2, 0) is 35.0 Å². The van der Waals surface area contributed by atoms with Crippen molar-refractivity contribution >= 4 is 11.9 Å². The third kappa shape index (κ3) is 7.01. The number of benzene rings is 1. The van der Waals surface area contributed by atoms with Gasteiger partial charge in [0.1, 0.15) is 18.8 Å². The first kappa shape index (κ1) is 22.6. The number of esters is 2. The molecule has 0 N–H and O–H groups in total. The predicted octanol–water partition coefficient (Wildman–Crippen LogP) is 2.85. The summed E-state index contributed by atoms with van der Waals surface area (Å²) in [6, 6.07) is 9.60. The second-order valence-corrected chi connectivity index (χ2v) is 7.17. The van der Waals surface area contributed by atoms with Crippen molar-refractivity contribution in [3.8, 4) is 11.4 Å². The zero-order valence-electron chi connectivity index (χ0n) is 17.7. The third-order valence-electron chi connectivity index (χ3n) is 4.52. The zero-order valence-corrected chi connectivity index (χ0v) is 17.7. The maximum absolute atomic E-state index is 11.3. The lowest BCUT2D eigenvalue weighted by Gasteiger charge is -2.32. The SMILES string of the molecule is CC(=O)OC[C@H]1O[C@H](O[C@H](C)CCc2nc(-c3ccccc3)no2)C=C[C@@H]1OC(C)=O. The third-order valence-corrected chi connectivity index (χ3v) is 4.52. The Morgan fingerprint density at radius 3 is 2.61 bits per heavy atom. The largest absolute Gasteiger partial charge is 0.463 e. The number of aryl methyl sites for hydroxylation is 1. The van der Waals surface area contributed by atoms with E-state index in [2.05, 4.69) is 10.1 Å². The van der Waals surface area contributed by atoms with Crippen molar-refractivity contribution in [2.75, 3.05) is 6.61 Å². The van der Waals surface area contributed by atoms with E-state index in [4.69, 9.17) is 23.5 Å². The number of hydrogen-bond donors (Lipinski definition) is 0. The summed E-state index contributed by atoms with van der Waals surface area (Å²) in [4.78, 5) is 26.8. The average Bonchev–Trinajstić information content (AvgIpc) is 3.22. The van der Waals surface area contributed by atoms with Gasteiger partial charge in [-0.1, -0.05) is 35.5 Å². The van der Waals surface area contributed by atoms with E-state index < -0.39 is 30.4 Å². The molecular formula is C22H26N2O7. The molecule has 1 aliphatic heterocycles. The predicted molar refractivity (Wildman–Crippen MR) is 109 cm³/mol. The number of carbonyl (C=O) groups excluding carboxylic acids is 2. The molecule has 1 aromatic carbocycles. The van der Waals surface area contributed by atoms with Crippen LogP contribution in [0.1, 0.15) is 33.1 Å². The van der Waals surface area contributed by atoms with E-state index in [1.54, 1.807) is 12.2 Å². The normalized spacial score (nSPS) is 21.5. The van der Waals surface area contributed by atoms with Crippen LogP contribution in [0.2, 0.25) is 0 Å². The van der Waals surface area contributed by atoms with Crippen molar-refractivity contribution in [2.24, 2.45) is 0 Å². The number of nitrogens with zero attached hydrogens (tertiary/aromatic N) is 2. The standard InChI is InChI=1S/C22H26N2O7/c1-14(9-11-20-23-22(24-31-20)17-7-5-4-6-8-17)28-21-12-10-18(29-16(3)26)19(30-21)13-27-15(2)25/h4-8,10,12,14,18-19,21H,9,11,13H2,1-3H3/t14-,18+,19-,21+/m1/s1. The minimum atomic E-state index is -0.662. The van der Waals surface area contributed by atoms with E-state index in [9.17, 15) is 9.59 Å². The van der Waals surface area contributed by atoms with Crippen LogP contribution >= 0.6 is 0 Å². The Kier molecular flexibility index (Phi) is 7.91. The van der Waals surface area contributed by atoms with E-state index >= 15 is 0 Å². The second-order valence-electron chi connectivity index (χ2n) is 7.17. The molecule has 9 nitrogen and oxygen atoms in total. The Bertz CT molecular complexity index is 896. The van der Waals surface area contributed by atoms with Crippen molar-refractivity contribution in [2.45, 2.75) is 58.2 Å². The first-order valence-electron chi connectivity index (χ1n) is 10.1. The van der Waals surface area contributed by atoms with Crippen LogP contribution in [0.15, 0.2) is 47.0 Å². The first-order valence-corrected chi connectivity index (χ1v) is 10.1. The second kappa shape index (κ2) is 10.8. The van der Waals surface area contributed by atoms with Gasteiger partial charge in [-0.2, -0.15) is 4.98 Å². The van der Waals surface area contributed by atoms with Crippen LogP contribution in [0.4, 0.5) is 0 Å². The minimum absolute atomic E-state index is 0.0455. The van der Waals surface area contributed by atoms with Gasteiger partial charge in [-0.3, -0.25) is 9.59 Å². The quantitative estimate of drug-likeness (QED) is 0.438. The molecule has 3 rings (SSSR count). The summed E-state index contributed by atoms with van der Waals surface area (Å²) in [6.45, 7) is 4.47. The summed E-state index contributed by atoms with van der Waals surface area (Å²) in [5.41, 5.74) is 0.892. The minimum Gasteiger partial charge on any atom is -0.463 e. The highest BCUT2D eigenvalue weighted by atomic mass is 16.7. The van der Waals surface area contributed by atoms with Gasteiger partial charge >= 0.3 is 11.9 Å². The van der Waals surface area contributed by atoms with E-state index in [-0.39, 0.29) is 12.7 Å². The van der Waals surface area contributed by atoms with Crippen LogP contribution in [0, 0.1) is 0 Å². The van der Waals surface area contributed by atoms with E-state index in [0.717, 1.165) is 5.56 Å². The van der Waals surface area contributed by atoms with Crippen LogP contribution in [0.3, 0.4) is 0 Å². The van der Waals surface area contributed by atoms with Crippen LogP contribution < -0.4 is 0 Å². The average molecular weight is 430 g/mol. The Hall–Kier alpha value is -3.04. The molecular weight excluding hydrogens is 404 g/mol. The molecule has 0 unspecified atom stereocenters. The van der Waals surface area contributed by atoms with Crippen LogP contribution in [0.25, 0.3) is 11.4 Å². The fourth-order valence-electron chi connectivity index (χ4n) is 3.02. The molecule has 166 valence electrons. The molecule has 4 atom stereocenters. The number of aromatic nitrogens is 2. The van der Waals surface area contributed by atoms with Crippen molar-refractivity contribution in [3.63, 3.8) is 0 Å². The monoisotopic (exact) mass is 430 g/mol. The fraction of sp³-hybridized carbons (Fsp3) is 0.455. The summed E-state index contributed by atoms with van der Waals surface area (Å²) in [5.74, 6) is 0.179. The molecule has 31 heavy (non-hydrogen) atoms. The zero-order chi connectivity index (χ0) is 22.2. The van der Waals surface area contributed by atoms with Gasteiger partial charge in [-0.25, -0.2) is 0 Å². The molecule has 0 bridgehead atoms. The molecule has 0 saturated heterocycles. The molecule has 2 aromatic rings. The molecule has 0 amide bonds. The summed E-state index contributed by atoms with van der Waals surface area (Å²) in [5, 5.41) is 4.01. The topological polar surface area (TPSA) is 110 Å². The van der Waals surface area contributed by atoms with Gasteiger partial charge in [0.25, 0.3) is 0 Å². The van der Waals surface area contributed by atoms with E-state index in [1.807, 2.05) is 37.3 Å². The molecule has 2 heterocycles. The van der Waals surface area contributed by atoms with Crippen LogP contribution in [-0.4, -0.2) is 53.3 Å². The Morgan fingerprint density at radius 2 is 1.90 bits per heavy atom. The lowest BCUT2D eigenvalue weighted by molar-refractivity contribution is -0.208. The molecule has 1 aliphatic rings. The number of ether oxygens (including phenoxy) is 4. The highest BCUT2D eigenvalue weighted by molar-refractivity contribution is 5.66. The number of carbonyl (C=O) groups is 2. The molecule has 0 aliphatic carbocycles. The van der Waals surface area contributed by atoms with Crippen LogP contribution in [0.5, 0.6) is 0 Å². The summed E-state index contributed by atoms with van der Waals surface area (Å²) >= 11 is 0. The summed E-state index contributed by atoms with van der Waals surface area (Å²) in [7, 11) is 0. The summed E-state index contributed by atoms with van der Waals surface area (Å²) in [6.07, 6.45) is 2.39. The maximum Gasteiger partial charge on any atom is 0.303 e. The van der Waals surface area contributed by atoms with Gasteiger partial charge in [0.05, 0.1) is 6.10 Å². The fourth-order valence-corrected chi connectivity index (χ4v) is 3.02. The molecule has 0 saturated carbocycles. The van der Waals surface area contributed by atoms with Gasteiger partial charge in [-0.05, 0) is 25.5 Å². The molecule has 0 fully saturated rings. The van der Waals surface area contributed by atoms with E-state index in [0.29, 0.717) is 24.6 Å². The molecule has 0 radical (unpaired) electrons. The van der Waals surface area contributed by atoms with Gasteiger partial charge in [0.2, 0.25) is 11.7 Å². The summed E-state index contributed by atoms with van der Waals surface area (Å²) < 4.78 is 27.3. The van der Waals surface area contributed by atoms with Crippen molar-refractivity contribution in [1.82, 2.24) is 10.1 Å². The first-order chi connectivity index (χ1) is 14.9. The number of rotatable bonds is 9. The van der Waals surface area contributed by atoms with Crippen molar-refractivity contribution in [3.05, 3.63) is 48.4 Å². The molecule has 0 spiro atoms. The highest BCUT2D eigenvalue weighted by Gasteiger charge is 2.31. The number of hydrogen-bond acceptors (Lipinski definition) is 9. The Balaban J connectivity index is 1.51. The van der Waals surface area contributed by atoms with Gasteiger partial charge in [0.15, 0.2) is 6.29 Å². The van der Waals surface area contributed by atoms with Gasteiger partial charge in [0, 0.05) is 25.8 Å². The lowest BCUT2D eigenvalue weighted by atomic mass is 10.1. The Morgan fingerprint density at radius 1 is 1.13 bits per heavy atom. The smallest absolute Gasteiger partial charge is 0.303 e. The highest BCUT2D eigenvalue weighted by Crippen LogP contribution is 2.21. The maximum atomic E-state index is 11.3. The van der Waals surface area contributed by atoms with Gasteiger partial charge < -0.3 is 23.5 Å².